The number of ether oxygens (including phenoxy) is 1. The summed E-state index contributed by atoms with van der Waals surface area (Å²) in [5.41, 5.74) is -0.852. The standard InChI is InChI=1S/C12H8O6/c1-17-11(15)8-5-7-4-6(10(13)14)2-3-9(7)18-12(8)16/h2-5H,1H3,(H,13,14). The van der Waals surface area contributed by atoms with Gasteiger partial charge in [-0.3, -0.25) is 0 Å². The molecule has 0 amide bonds. The fourth-order valence-electron chi connectivity index (χ4n) is 1.51. The Kier molecular flexibility index (Phi) is 2.85. The number of hydrogen-bond donors (Lipinski definition) is 1. The molecule has 1 N–H and O–H groups in total. The summed E-state index contributed by atoms with van der Waals surface area (Å²) in [6, 6.07) is 5.24. The number of carboxylic acid groups (broad SMARTS) is 1. The summed E-state index contributed by atoms with van der Waals surface area (Å²) >= 11 is 0. The van der Waals surface area contributed by atoms with Crippen LogP contribution in [0.15, 0.2) is 33.5 Å². The average Bonchev–Trinajstić information content (AvgIpc) is 2.36. The van der Waals surface area contributed by atoms with Crippen LogP contribution < -0.4 is 5.63 Å². The van der Waals surface area contributed by atoms with E-state index in [-0.39, 0.29) is 16.7 Å². The number of methoxy groups -OCH3 is 1. The van der Waals surface area contributed by atoms with Crippen molar-refractivity contribution >= 4 is 22.9 Å². The van der Waals surface area contributed by atoms with Crippen LogP contribution in [-0.2, 0) is 4.74 Å². The Hall–Kier alpha value is -2.63. The Morgan fingerprint density at radius 1 is 1.28 bits per heavy atom. The molecule has 0 fully saturated rings. The molecule has 1 aromatic carbocycles. The van der Waals surface area contributed by atoms with Crippen LogP contribution in [0.25, 0.3) is 11.0 Å². The lowest BCUT2D eigenvalue weighted by Gasteiger charge is -2.01. The third-order valence-corrected chi connectivity index (χ3v) is 2.38. The molecule has 0 aliphatic carbocycles. The molecule has 2 rings (SSSR count). The van der Waals surface area contributed by atoms with Crippen molar-refractivity contribution in [2.45, 2.75) is 0 Å². The molecule has 0 aliphatic rings. The van der Waals surface area contributed by atoms with E-state index in [4.69, 9.17) is 9.52 Å². The Labute approximate surface area is 100 Å². The molecule has 0 bridgehead atoms. The lowest BCUT2D eigenvalue weighted by atomic mass is 10.1. The van der Waals surface area contributed by atoms with E-state index in [0.29, 0.717) is 5.39 Å². The highest BCUT2D eigenvalue weighted by molar-refractivity contribution is 5.96. The van der Waals surface area contributed by atoms with Gasteiger partial charge >= 0.3 is 17.6 Å². The van der Waals surface area contributed by atoms with Crippen molar-refractivity contribution in [3.05, 3.63) is 45.8 Å². The van der Waals surface area contributed by atoms with Crippen molar-refractivity contribution in [2.24, 2.45) is 0 Å². The van der Waals surface area contributed by atoms with E-state index in [1.165, 1.54) is 24.3 Å². The van der Waals surface area contributed by atoms with Gasteiger partial charge in [-0.25, -0.2) is 14.4 Å². The number of hydrogen-bond acceptors (Lipinski definition) is 5. The van der Waals surface area contributed by atoms with Crippen molar-refractivity contribution in [3.63, 3.8) is 0 Å². The first-order valence-corrected chi connectivity index (χ1v) is 4.92. The quantitative estimate of drug-likeness (QED) is 0.635. The second kappa shape index (κ2) is 4.33. The molecule has 1 heterocycles. The van der Waals surface area contributed by atoms with Crippen LogP contribution in [0.3, 0.4) is 0 Å². The zero-order valence-corrected chi connectivity index (χ0v) is 9.30. The minimum Gasteiger partial charge on any atom is -0.478 e. The van der Waals surface area contributed by atoms with E-state index in [0.717, 1.165) is 7.11 Å². The number of aromatic carboxylic acids is 1. The van der Waals surface area contributed by atoms with Crippen molar-refractivity contribution in [2.75, 3.05) is 7.11 Å². The predicted molar refractivity (Wildman–Crippen MR) is 60.8 cm³/mol. The molecule has 0 spiro atoms. The molecule has 0 saturated heterocycles. The molecular formula is C12H8O6. The zero-order chi connectivity index (χ0) is 13.3. The predicted octanol–water partition coefficient (Wildman–Crippen LogP) is 1.28. The van der Waals surface area contributed by atoms with Gasteiger partial charge in [-0.1, -0.05) is 0 Å². The van der Waals surface area contributed by atoms with Crippen molar-refractivity contribution in [3.8, 4) is 0 Å². The molecule has 6 nitrogen and oxygen atoms in total. The molecular weight excluding hydrogens is 240 g/mol. The second-order valence-electron chi connectivity index (χ2n) is 3.50. The van der Waals surface area contributed by atoms with Gasteiger partial charge in [-0.05, 0) is 24.3 Å². The van der Waals surface area contributed by atoms with Gasteiger partial charge in [0.25, 0.3) is 0 Å². The SMILES string of the molecule is COC(=O)c1cc2cc(C(=O)O)ccc2oc1=O. The smallest absolute Gasteiger partial charge is 0.351 e. The summed E-state index contributed by atoms with van der Waals surface area (Å²) in [7, 11) is 1.14. The third kappa shape index (κ3) is 1.95. The van der Waals surface area contributed by atoms with Crippen LogP contribution in [0.5, 0.6) is 0 Å². The van der Waals surface area contributed by atoms with E-state index < -0.39 is 17.6 Å². The molecule has 18 heavy (non-hydrogen) atoms. The van der Waals surface area contributed by atoms with Gasteiger partial charge in [0.15, 0.2) is 0 Å². The third-order valence-electron chi connectivity index (χ3n) is 2.38. The maximum Gasteiger partial charge on any atom is 0.351 e. The topological polar surface area (TPSA) is 93.8 Å². The monoisotopic (exact) mass is 248 g/mol. The first-order chi connectivity index (χ1) is 8.52. The van der Waals surface area contributed by atoms with Crippen LogP contribution >= 0.6 is 0 Å². The zero-order valence-electron chi connectivity index (χ0n) is 9.30. The van der Waals surface area contributed by atoms with Crippen LogP contribution in [0.4, 0.5) is 0 Å². The maximum absolute atomic E-state index is 11.5. The number of carbonyl (C=O) groups excluding carboxylic acids is 1. The van der Waals surface area contributed by atoms with E-state index in [1.54, 1.807) is 0 Å². The summed E-state index contributed by atoms with van der Waals surface area (Å²) in [4.78, 5) is 33.6. The van der Waals surface area contributed by atoms with Crippen LogP contribution in [0.2, 0.25) is 0 Å². The number of fused-ring (bicyclic) bond motifs is 1. The summed E-state index contributed by atoms with van der Waals surface area (Å²) in [5.74, 6) is -1.94. The molecule has 0 unspecified atom stereocenters. The first-order valence-electron chi connectivity index (χ1n) is 4.92. The summed E-state index contributed by atoms with van der Waals surface area (Å²) in [6.45, 7) is 0. The van der Waals surface area contributed by atoms with Gasteiger partial charge in [0.1, 0.15) is 11.1 Å². The number of benzene rings is 1. The molecule has 0 atom stereocenters. The van der Waals surface area contributed by atoms with Crippen molar-refractivity contribution in [1.82, 2.24) is 0 Å². The molecule has 0 aliphatic heterocycles. The number of esters is 1. The van der Waals surface area contributed by atoms with Crippen molar-refractivity contribution in [1.29, 1.82) is 0 Å². The summed E-state index contributed by atoms with van der Waals surface area (Å²) in [5, 5.41) is 9.18. The molecule has 2 aromatic rings. The van der Waals surface area contributed by atoms with Gasteiger partial charge in [-0.2, -0.15) is 0 Å². The van der Waals surface area contributed by atoms with Crippen LogP contribution in [0, 0.1) is 0 Å². The summed E-state index contributed by atoms with van der Waals surface area (Å²) < 4.78 is 9.33. The molecule has 92 valence electrons. The van der Waals surface area contributed by atoms with E-state index in [9.17, 15) is 14.4 Å². The molecule has 0 saturated carbocycles. The van der Waals surface area contributed by atoms with Gasteiger partial charge in [0, 0.05) is 5.39 Å². The first kappa shape index (κ1) is 11.8. The fraction of sp³-hybridized carbons (Fsp3) is 0.0833. The normalized spacial score (nSPS) is 10.3. The largest absolute Gasteiger partial charge is 0.478 e. The van der Waals surface area contributed by atoms with Gasteiger partial charge in [0.2, 0.25) is 0 Å². The Balaban J connectivity index is 2.71. The maximum atomic E-state index is 11.5. The lowest BCUT2D eigenvalue weighted by molar-refractivity contribution is 0.0595. The molecule has 6 heteroatoms. The molecule has 0 radical (unpaired) electrons. The minimum atomic E-state index is -1.11. The van der Waals surface area contributed by atoms with E-state index >= 15 is 0 Å². The minimum absolute atomic E-state index is 0.0344. The van der Waals surface area contributed by atoms with Gasteiger partial charge in [-0.15, -0.1) is 0 Å². The Morgan fingerprint density at radius 2 is 2.00 bits per heavy atom. The lowest BCUT2D eigenvalue weighted by Crippen LogP contribution is -2.15. The van der Waals surface area contributed by atoms with Crippen LogP contribution in [0.1, 0.15) is 20.7 Å². The second-order valence-corrected chi connectivity index (χ2v) is 3.50. The Bertz CT molecular complexity index is 697. The summed E-state index contributed by atoms with van der Waals surface area (Å²) in [6.07, 6.45) is 0. The highest BCUT2D eigenvalue weighted by Gasteiger charge is 2.14. The van der Waals surface area contributed by atoms with Crippen molar-refractivity contribution < 1.29 is 23.8 Å². The van der Waals surface area contributed by atoms with Gasteiger partial charge < -0.3 is 14.3 Å². The van der Waals surface area contributed by atoms with Crippen LogP contribution in [-0.4, -0.2) is 24.2 Å². The average molecular weight is 248 g/mol. The van der Waals surface area contributed by atoms with E-state index in [2.05, 4.69) is 4.74 Å². The highest BCUT2D eigenvalue weighted by Crippen LogP contribution is 2.16. The van der Waals surface area contributed by atoms with E-state index in [1.807, 2.05) is 0 Å². The fourth-order valence-corrected chi connectivity index (χ4v) is 1.51. The molecule has 1 aromatic heterocycles. The highest BCUT2D eigenvalue weighted by atomic mass is 16.5. The van der Waals surface area contributed by atoms with Gasteiger partial charge in [0.05, 0.1) is 12.7 Å². The number of carboxylic acids is 1. The Morgan fingerprint density at radius 3 is 2.61 bits per heavy atom. The number of carbonyl (C=O) groups is 2. The number of rotatable bonds is 2.